The largest absolute Gasteiger partial charge is 0.352 e. The number of nitrogens with one attached hydrogen (secondary N) is 2. The normalized spacial score (nSPS) is 10.2. The van der Waals surface area contributed by atoms with E-state index in [1.54, 1.807) is 48.8 Å². The minimum atomic E-state index is -0.339. The number of nitriles is 1. The fraction of sp³-hybridized carbons (Fsp3) is 0. The maximum absolute atomic E-state index is 12.4. The van der Waals surface area contributed by atoms with Crippen molar-refractivity contribution in [2.75, 3.05) is 10.6 Å². The molecule has 0 unspecified atom stereocenters. The minimum absolute atomic E-state index is 0.281. The zero-order valence-corrected chi connectivity index (χ0v) is 14.8. The Balaban J connectivity index is 1.50. The summed E-state index contributed by atoms with van der Waals surface area (Å²) < 4.78 is 0. The zero-order valence-electron chi connectivity index (χ0n) is 14.8. The van der Waals surface area contributed by atoms with Crippen LogP contribution in [-0.2, 0) is 0 Å². The van der Waals surface area contributed by atoms with Gasteiger partial charge in [-0.05, 0) is 42.5 Å². The molecule has 0 saturated heterocycles. The van der Waals surface area contributed by atoms with E-state index in [9.17, 15) is 4.79 Å². The van der Waals surface area contributed by atoms with Gasteiger partial charge in [0.05, 0.1) is 34.7 Å². The van der Waals surface area contributed by atoms with Crippen LogP contribution >= 0.6 is 0 Å². The highest BCUT2D eigenvalue weighted by molar-refractivity contribution is 6.03. The molecule has 2 aromatic carbocycles. The summed E-state index contributed by atoms with van der Waals surface area (Å²) in [5, 5.41) is 16.0. The second-order valence-corrected chi connectivity index (χ2v) is 6.08. The number of rotatable bonds is 4. The smallest absolute Gasteiger partial charge is 0.274 e. The number of para-hydroxylation sites is 1. The number of hydrogen-bond donors (Lipinski definition) is 2. The quantitative estimate of drug-likeness (QED) is 0.556. The first-order valence-corrected chi connectivity index (χ1v) is 8.61. The maximum Gasteiger partial charge on any atom is 0.274 e. The van der Waals surface area contributed by atoms with Crippen LogP contribution in [0, 0.1) is 11.3 Å². The van der Waals surface area contributed by atoms with Crippen molar-refractivity contribution >= 4 is 33.9 Å². The number of aromatic nitrogens is 2. The lowest BCUT2D eigenvalue weighted by Gasteiger charge is -2.09. The molecule has 0 spiro atoms. The Morgan fingerprint density at radius 3 is 2.61 bits per heavy atom. The van der Waals surface area contributed by atoms with Crippen molar-refractivity contribution in [3.63, 3.8) is 0 Å². The van der Waals surface area contributed by atoms with E-state index in [2.05, 4.69) is 20.6 Å². The summed E-state index contributed by atoms with van der Waals surface area (Å²) in [6, 6.07) is 22.0. The highest BCUT2D eigenvalue weighted by Crippen LogP contribution is 2.24. The second-order valence-electron chi connectivity index (χ2n) is 6.08. The van der Waals surface area contributed by atoms with E-state index in [4.69, 9.17) is 5.26 Å². The molecule has 6 heteroatoms. The molecule has 0 fully saturated rings. The zero-order chi connectivity index (χ0) is 19.3. The maximum atomic E-state index is 12.4. The predicted molar refractivity (Wildman–Crippen MR) is 108 cm³/mol. The Kier molecular flexibility index (Phi) is 4.64. The van der Waals surface area contributed by atoms with Crippen molar-refractivity contribution in [3.05, 3.63) is 90.4 Å². The van der Waals surface area contributed by atoms with Crippen LogP contribution in [0.15, 0.2) is 79.1 Å². The lowest BCUT2D eigenvalue weighted by molar-refractivity contribution is 0.102. The molecule has 2 aromatic heterocycles. The van der Waals surface area contributed by atoms with Crippen molar-refractivity contribution in [3.8, 4) is 6.07 Å². The van der Waals surface area contributed by atoms with Crippen molar-refractivity contribution in [2.24, 2.45) is 0 Å². The van der Waals surface area contributed by atoms with E-state index in [-0.39, 0.29) is 11.6 Å². The standard InChI is InChI=1S/C22H15N5O/c23-13-15-4-1-7-17(12-15)27-22(28)20-10-9-18(14-25-20)26-19-8-2-5-16-6-3-11-24-21(16)19/h1-12,14,26H,(H,27,28). The molecule has 0 radical (unpaired) electrons. The van der Waals surface area contributed by atoms with Gasteiger partial charge >= 0.3 is 0 Å². The summed E-state index contributed by atoms with van der Waals surface area (Å²) in [6.07, 6.45) is 3.35. The number of carbonyl (C=O) groups is 1. The van der Waals surface area contributed by atoms with Gasteiger partial charge in [0.15, 0.2) is 0 Å². The van der Waals surface area contributed by atoms with Crippen LogP contribution in [0.2, 0.25) is 0 Å². The summed E-state index contributed by atoms with van der Waals surface area (Å²) in [5.74, 6) is -0.339. The molecule has 0 aliphatic heterocycles. The van der Waals surface area contributed by atoms with E-state index in [0.717, 1.165) is 22.3 Å². The van der Waals surface area contributed by atoms with Gasteiger partial charge in [-0.15, -0.1) is 0 Å². The lowest BCUT2D eigenvalue weighted by Crippen LogP contribution is -2.13. The molecule has 0 aliphatic rings. The number of fused-ring (bicyclic) bond motifs is 1. The van der Waals surface area contributed by atoms with Gasteiger partial charge in [0.2, 0.25) is 0 Å². The average molecular weight is 365 g/mol. The van der Waals surface area contributed by atoms with Crippen LogP contribution in [0.3, 0.4) is 0 Å². The van der Waals surface area contributed by atoms with Crippen LogP contribution in [0.1, 0.15) is 16.1 Å². The van der Waals surface area contributed by atoms with Gasteiger partial charge in [-0.2, -0.15) is 5.26 Å². The molecule has 4 aromatic rings. The first-order chi connectivity index (χ1) is 13.7. The van der Waals surface area contributed by atoms with E-state index in [1.807, 2.05) is 36.4 Å². The number of hydrogen-bond acceptors (Lipinski definition) is 5. The van der Waals surface area contributed by atoms with Crippen LogP contribution in [0.25, 0.3) is 10.9 Å². The van der Waals surface area contributed by atoms with Gasteiger partial charge in [0.25, 0.3) is 5.91 Å². The molecule has 4 rings (SSSR count). The number of carbonyl (C=O) groups excluding carboxylic acids is 1. The minimum Gasteiger partial charge on any atom is -0.352 e. The summed E-state index contributed by atoms with van der Waals surface area (Å²) in [5.41, 5.74) is 3.80. The molecule has 0 aliphatic carbocycles. The molecule has 2 heterocycles. The third-order valence-electron chi connectivity index (χ3n) is 4.16. The summed E-state index contributed by atoms with van der Waals surface area (Å²) >= 11 is 0. The molecule has 1 amide bonds. The molecule has 0 atom stereocenters. The molecule has 28 heavy (non-hydrogen) atoms. The third kappa shape index (κ3) is 3.64. The van der Waals surface area contributed by atoms with Crippen LogP contribution in [-0.4, -0.2) is 15.9 Å². The first-order valence-electron chi connectivity index (χ1n) is 8.61. The van der Waals surface area contributed by atoms with Gasteiger partial charge in [-0.1, -0.05) is 24.3 Å². The van der Waals surface area contributed by atoms with Crippen LogP contribution in [0.4, 0.5) is 17.1 Å². The van der Waals surface area contributed by atoms with Crippen molar-refractivity contribution in [2.45, 2.75) is 0 Å². The summed E-state index contributed by atoms with van der Waals surface area (Å²) in [4.78, 5) is 21.0. The molecule has 6 nitrogen and oxygen atoms in total. The Bertz CT molecular complexity index is 1190. The predicted octanol–water partition coefficient (Wildman–Crippen LogP) is 4.50. The Morgan fingerprint density at radius 1 is 0.929 bits per heavy atom. The van der Waals surface area contributed by atoms with E-state index < -0.39 is 0 Å². The SMILES string of the molecule is N#Cc1cccc(NC(=O)c2ccc(Nc3cccc4cccnc34)cn2)c1. The van der Waals surface area contributed by atoms with Crippen molar-refractivity contribution < 1.29 is 4.79 Å². The Labute approximate surface area is 161 Å². The average Bonchev–Trinajstić information content (AvgIpc) is 2.74. The monoisotopic (exact) mass is 365 g/mol. The van der Waals surface area contributed by atoms with Gasteiger partial charge in [0.1, 0.15) is 5.69 Å². The second kappa shape index (κ2) is 7.56. The summed E-state index contributed by atoms with van der Waals surface area (Å²) in [7, 11) is 0. The number of nitrogens with zero attached hydrogens (tertiary/aromatic N) is 3. The summed E-state index contributed by atoms with van der Waals surface area (Å²) in [6.45, 7) is 0. The topological polar surface area (TPSA) is 90.7 Å². The Hall–Kier alpha value is -4.24. The highest BCUT2D eigenvalue weighted by Gasteiger charge is 2.09. The molecule has 2 N–H and O–H groups in total. The van der Waals surface area contributed by atoms with E-state index in [0.29, 0.717) is 11.3 Å². The van der Waals surface area contributed by atoms with Crippen molar-refractivity contribution in [1.29, 1.82) is 5.26 Å². The fourth-order valence-electron chi connectivity index (χ4n) is 2.82. The highest BCUT2D eigenvalue weighted by atomic mass is 16.1. The lowest BCUT2D eigenvalue weighted by atomic mass is 10.2. The van der Waals surface area contributed by atoms with Crippen LogP contribution < -0.4 is 10.6 Å². The molecular formula is C22H15N5O. The molecule has 0 bridgehead atoms. The molecular weight excluding hydrogens is 350 g/mol. The van der Waals surface area contributed by atoms with Gasteiger partial charge in [-0.3, -0.25) is 9.78 Å². The number of benzene rings is 2. The van der Waals surface area contributed by atoms with E-state index >= 15 is 0 Å². The van der Waals surface area contributed by atoms with E-state index in [1.165, 1.54) is 0 Å². The Morgan fingerprint density at radius 2 is 1.79 bits per heavy atom. The molecule has 0 saturated carbocycles. The number of pyridine rings is 2. The molecule has 134 valence electrons. The van der Waals surface area contributed by atoms with Crippen LogP contribution in [0.5, 0.6) is 0 Å². The number of amides is 1. The first kappa shape index (κ1) is 17.2. The number of anilines is 3. The third-order valence-corrected chi connectivity index (χ3v) is 4.16. The fourth-order valence-corrected chi connectivity index (χ4v) is 2.82. The van der Waals surface area contributed by atoms with Crippen molar-refractivity contribution in [1.82, 2.24) is 9.97 Å². The van der Waals surface area contributed by atoms with Gasteiger partial charge in [-0.25, -0.2) is 4.98 Å². The van der Waals surface area contributed by atoms with Gasteiger partial charge in [0, 0.05) is 17.3 Å². The van der Waals surface area contributed by atoms with Gasteiger partial charge < -0.3 is 10.6 Å².